The van der Waals surface area contributed by atoms with Gasteiger partial charge in [0.15, 0.2) is 0 Å². The Morgan fingerprint density at radius 3 is 2.57 bits per heavy atom. The summed E-state index contributed by atoms with van der Waals surface area (Å²) in [7, 11) is 0. The lowest BCUT2D eigenvalue weighted by Crippen LogP contribution is -2.05. The minimum absolute atomic E-state index is 0.369. The predicted molar refractivity (Wildman–Crippen MR) is 92.3 cm³/mol. The summed E-state index contributed by atoms with van der Waals surface area (Å²) in [6.45, 7) is 0.753. The van der Waals surface area contributed by atoms with E-state index >= 15 is 0 Å². The average molecular weight is 386 g/mol. The van der Waals surface area contributed by atoms with E-state index in [2.05, 4.69) is 28.1 Å². The smallest absolute Gasteiger partial charge is 0.125 e. The topological polar surface area (TPSA) is 9.23 Å². The Bertz CT molecular complexity index is 640. The van der Waals surface area contributed by atoms with Crippen LogP contribution in [0.1, 0.15) is 22.6 Å². The van der Waals surface area contributed by atoms with Crippen molar-refractivity contribution >= 4 is 39.1 Å². The second-order valence-electron chi connectivity index (χ2n) is 5.26. The maximum atomic E-state index is 6.24. The van der Waals surface area contributed by atoms with Crippen molar-refractivity contribution in [2.75, 3.05) is 11.9 Å². The molecule has 110 valence electrons. The van der Waals surface area contributed by atoms with E-state index in [0.29, 0.717) is 5.92 Å². The molecule has 1 heterocycles. The van der Waals surface area contributed by atoms with Gasteiger partial charge in [-0.1, -0.05) is 51.3 Å². The molecule has 0 radical (unpaired) electrons. The van der Waals surface area contributed by atoms with E-state index in [1.165, 1.54) is 16.7 Å². The number of ether oxygens (including phenoxy) is 1. The standard InChI is InChI=1S/C17H15BrCl2O/c18-10-14(11-1-3-15(19)4-2-11)7-13-9-16(20)8-12-5-6-21-17(12)13/h1-4,8-9,14H,5-7,10H2. The van der Waals surface area contributed by atoms with Gasteiger partial charge in [-0.3, -0.25) is 0 Å². The second-order valence-corrected chi connectivity index (χ2v) is 6.78. The van der Waals surface area contributed by atoms with E-state index in [1.807, 2.05) is 24.3 Å². The Kier molecular flexibility index (Phi) is 4.78. The number of hydrogen-bond acceptors (Lipinski definition) is 1. The first-order valence-corrected chi connectivity index (χ1v) is 8.80. The van der Waals surface area contributed by atoms with Crippen molar-refractivity contribution in [2.24, 2.45) is 0 Å². The summed E-state index contributed by atoms with van der Waals surface area (Å²) in [6.07, 6.45) is 1.85. The van der Waals surface area contributed by atoms with Gasteiger partial charge in [0.1, 0.15) is 5.75 Å². The van der Waals surface area contributed by atoms with Crippen LogP contribution in [0.25, 0.3) is 0 Å². The summed E-state index contributed by atoms with van der Waals surface area (Å²) in [5.41, 5.74) is 3.68. The van der Waals surface area contributed by atoms with Crippen molar-refractivity contribution in [3.05, 3.63) is 63.1 Å². The SMILES string of the molecule is Clc1ccc(C(CBr)Cc2cc(Cl)cc3c2OCC3)cc1. The lowest BCUT2D eigenvalue weighted by atomic mass is 9.92. The molecule has 1 nitrogen and oxygen atoms in total. The zero-order valence-electron chi connectivity index (χ0n) is 11.4. The molecule has 1 aliphatic rings. The highest BCUT2D eigenvalue weighted by Crippen LogP contribution is 2.36. The van der Waals surface area contributed by atoms with Gasteiger partial charge in [-0.05, 0) is 53.3 Å². The van der Waals surface area contributed by atoms with Crippen LogP contribution in [0.5, 0.6) is 5.75 Å². The molecule has 21 heavy (non-hydrogen) atoms. The largest absolute Gasteiger partial charge is 0.493 e. The zero-order valence-corrected chi connectivity index (χ0v) is 14.5. The first-order valence-electron chi connectivity index (χ1n) is 6.93. The Morgan fingerprint density at radius 2 is 1.86 bits per heavy atom. The van der Waals surface area contributed by atoms with Gasteiger partial charge in [-0.15, -0.1) is 0 Å². The maximum absolute atomic E-state index is 6.24. The number of alkyl halides is 1. The molecule has 0 aliphatic carbocycles. The fourth-order valence-corrected chi connectivity index (χ4v) is 3.75. The third-order valence-electron chi connectivity index (χ3n) is 3.82. The Labute approximate surface area is 143 Å². The molecule has 1 atom stereocenters. The number of hydrogen-bond donors (Lipinski definition) is 0. The van der Waals surface area contributed by atoms with Gasteiger partial charge in [0.05, 0.1) is 6.61 Å². The molecule has 0 aromatic heterocycles. The lowest BCUT2D eigenvalue weighted by molar-refractivity contribution is 0.353. The number of fused-ring (bicyclic) bond motifs is 1. The summed E-state index contributed by atoms with van der Waals surface area (Å²) >= 11 is 15.8. The second kappa shape index (κ2) is 6.60. The molecule has 4 heteroatoms. The summed E-state index contributed by atoms with van der Waals surface area (Å²) in [5, 5.41) is 2.44. The molecule has 0 saturated heterocycles. The van der Waals surface area contributed by atoms with Gasteiger partial charge in [0.2, 0.25) is 0 Å². The number of halogens is 3. The third kappa shape index (κ3) is 3.39. The normalized spacial score (nSPS) is 14.6. The fourth-order valence-electron chi connectivity index (χ4n) is 2.76. The third-order valence-corrected chi connectivity index (χ3v) is 5.07. The molecule has 1 aliphatic heterocycles. The monoisotopic (exact) mass is 384 g/mol. The van der Waals surface area contributed by atoms with Crippen LogP contribution >= 0.6 is 39.1 Å². The molecule has 2 aromatic rings. The molecular formula is C17H15BrCl2O. The van der Waals surface area contributed by atoms with E-state index in [4.69, 9.17) is 27.9 Å². The molecule has 3 rings (SSSR count). The van der Waals surface area contributed by atoms with Crippen LogP contribution < -0.4 is 4.74 Å². The van der Waals surface area contributed by atoms with Crippen LogP contribution in [-0.2, 0) is 12.8 Å². The first kappa shape index (κ1) is 15.2. The molecule has 0 fully saturated rings. The highest BCUT2D eigenvalue weighted by atomic mass is 79.9. The summed E-state index contributed by atoms with van der Waals surface area (Å²) < 4.78 is 5.79. The van der Waals surface area contributed by atoms with Crippen molar-refractivity contribution in [1.29, 1.82) is 0 Å². The Balaban J connectivity index is 1.89. The highest BCUT2D eigenvalue weighted by Gasteiger charge is 2.20. The van der Waals surface area contributed by atoms with Crippen LogP contribution in [0, 0.1) is 0 Å². The van der Waals surface area contributed by atoms with Crippen LogP contribution in [0.3, 0.4) is 0 Å². The van der Waals surface area contributed by atoms with E-state index < -0.39 is 0 Å². The highest BCUT2D eigenvalue weighted by molar-refractivity contribution is 9.09. The minimum Gasteiger partial charge on any atom is -0.493 e. The molecule has 0 N–H and O–H groups in total. The van der Waals surface area contributed by atoms with Gasteiger partial charge >= 0.3 is 0 Å². The summed E-state index contributed by atoms with van der Waals surface area (Å²) in [6, 6.07) is 12.1. The fraction of sp³-hybridized carbons (Fsp3) is 0.294. The van der Waals surface area contributed by atoms with Gasteiger partial charge < -0.3 is 4.74 Å². The van der Waals surface area contributed by atoms with Crippen molar-refractivity contribution in [2.45, 2.75) is 18.8 Å². The molecule has 1 unspecified atom stereocenters. The molecule has 0 amide bonds. The van der Waals surface area contributed by atoms with E-state index in [0.717, 1.165) is 40.6 Å². The molecule has 0 saturated carbocycles. The van der Waals surface area contributed by atoms with Crippen molar-refractivity contribution in [3.63, 3.8) is 0 Å². The Morgan fingerprint density at radius 1 is 1.10 bits per heavy atom. The summed E-state index contributed by atoms with van der Waals surface area (Å²) in [4.78, 5) is 0. The van der Waals surface area contributed by atoms with Crippen molar-refractivity contribution in [1.82, 2.24) is 0 Å². The quantitative estimate of drug-likeness (QED) is 0.618. The summed E-state index contributed by atoms with van der Waals surface area (Å²) in [5.74, 6) is 1.40. The lowest BCUT2D eigenvalue weighted by Gasteiger charge is -2.17. The molecule has 2 aromatic carbocycles. The van der Waals surface area contributed by atoms with Crippen LogP contribution in [0.15, 0.2) is 36.4 Å². The minimum atomic E-state index is 0.369. The van der Waals surface area contributed by atoms with Gasteiger partial charge in [-0.25, -0.2) is 0 Å². The molecular weight excluding hydrogens is 371 g/mol. The van der Waals surface area contributed by atoms with Crippen molar-refractivity contribution in [3.8, 4) is 5.75 Å². The van der Waals surface area contributed by atoms with Crippen molar-refractivity contribution < 1.29 is 4.74 Å². The van der Waals surface area contributed by atoms with E-state index in [1.54, 1.807) is 0 Å². The van der Waals surface area contributed by atoms with Gasteiger partial charge in [-0.2, -0.15) is 0 Å². The van der Waals surface area contributed by atoms with Gasteiger partial charge in [0, 0.05) is 21.8 Å². The number of rotatable bonds is 4. The zero-order chi connectivity index (χ0) is 14.8. The van der Waals surface area contributed by atoms with Crippen LogP contribution in [-0.4, -0.2) is 11.9 Å². The van der Waals surface area contributed by atoms with Crippen LogP contribution in [0.2, 0.25) is 10.0 Å². The maximum Gasteiger partial charge on any atom is 0.125 e. The van der Waals surface area contributed by atoms with E-state index in [-0.39, 0.29) is 0 Å². The van der Waals surface area contributed by atoms with E-state index in [9.17, 15) is 0 Å². The van der Waals surface area contributed by atoms with Crippen LogP contribution in [0.4, 0.5) is 0 Å². The number of benzene rings is 2. The predicted octanol–water partition coefficient (Wildman–Crippen LogP) is 5.65. The molecule has 0 spiro atoms. The molecule has 0 bridgehead atoms. The van der Waals surface area contributed by atoms with Gasteiger partial charge in [0.25, 0.3) is 0 Å². The first-order chi connectivity index (χ1) is 10.2. The average Bonchev–Trinajstić information content (AvgIpc) is 2.94. The Hall–Kier alpha value is -0.700.